The number of rotatable bonds is 7. The van der Waals surface area contributed by atoms with Crippen molar-refractivity contribution in [2.45, 2.75) is 54.8 Å². The minimum absolute atomic E-state index is 0.184. The van der Waals surface area contributed by atoms with Gasteiger partial charge in [-0.1, -0.05) is 60.7 Å². The first kappa shape index (κ1) is 29.7. The molecule has 4 saturated carbocycles. The fourth-order valence-corrected chi connectivity index (χ4v) is 12.2. The van der Waals surface area contributed by atoms with E-state index >= 15 is 0 Å². The first-order chi connectivity index (χ1) is 21.6. The molecule has 0 radical (unpaired) electrons. The molecular weight excluding hydrogens is 574 g/mol. The maximum absolute atomic E-state index is 4.03. The number of nitrogens with one attached hydrogen (secondary N) is 4. The Balaban J connectivity index is 1.43. The van der Waals surface area contributed by atoms with Crippen LogP contribution in [0, 0.1) is 23.7 Å². The topological polar surface area (TPSA) is 48.1 Å². The zero-order valence-electron chi connectivity index (χ0n) is 26.0. The molecule has 2 heterocycles. The van der Waals surface area contributed by atoms with Crippen molar-refractivity contribution in [2.24, 2.45) is 23.7 Å². The third-order valence-corrected chi connectivity index (χ3v) is 14.3. The number of hydrogen-bond acceptors (Lipinski definition) is 4. The van der Waals surface area contributed by atoms with E-state index in [9.17, 15) is 0 Å². The van der Waals surface area contributed by atoms with Gasteiger partial charge in [0.05, 0.1) is 0 Å². The second kappa shape index (κ2) is 12.2. The molecule has 3 aromatic carbocycles. The molecule has 232 valence electrons. The summed E-state index contributed by atoms with van der Waals surface area (Å²) in [5.74, 6) is 3.42. The predicted molar refractivity (Wildman–Crippen MR) is 191 cm³/mol. The van der Waals surface area contributed by atoms with Crippen LogP contribution in [0.2, 0.25) is 0 Å². The van der Waals surface area contributed by atoms with Crippen LogP contribution in [0.4, 0.5) is 0 Å². The molecule has 6 fully saturated rings. The van der Waals surface area contributed by atoms with Gasteiger partial charge in [-0.05, 0) is 107 Å². The molecule has 6 heteroatoms. The second-order valence-electron chi connectivity index (χ2n) is 14.6. The lowest BCUT2D eigenvalue weighted by molar-refractivity contribution is -0.0507. The maximum Gasteiger partial charge on any atom is 0.0429 e. The van der Waals surface area contributed by atoms with E-state index in [-0.39, 0.29) is 10.6 Å². The molecule has 4 aliphatic carbocycles. The Bertz CT molecular complexity index is 1400. The zero-order valence-corrected chi connectivity index (χ0v) is 28.3. The molecule has 0 spiro atoms. The number of benzene rings is 3. The molecule has 4 bridgehead atoms. The predicted octanol–water partition coefficient (Wildman–Crippen LogP) is 5.78. The lowest BCUT2D eigenvalue weighted by Gasteiger charge is -2.63. The lowest BCUT2D eigenvalue weighted by atomic mass is 9.43. The van der Waals surface area contributed by atoms with Gasteiger partial charge in [-0.2, -0.15) is 0 Å². The van der Waals surface area contributed by atoms with Gasteiger partial charge >= 0.3 is 0 Å². The summed E-state index contributed by atoms with van der Waals surface area (Å²) >= 11 is 0. The van der Waals surface area contributed by atoms with E-state index in [0.717, 1.165) is 69.1 Å². The van der Waals surface area contributed by atoms with Crippen molar-refractivity contribution < 1.29 is 0 Å². The normalized spacial score (nSPS) is 34.5. The van der Waals surface area contributed by atoms with Gasteiger partial charge in [0.2, 0.25) is 0 Å². The second-order valence-corrected chi connectivity index (χ2v) is 15.9. The highest BCUT2D eigenvalue weighted by molar-refractivity contribution is 7.18. The van der Waals surface area contributed by atoms with E-state index in [0.29, 0.717) is 12.1 Å². The molecule has 44 heavy (non-hydrogen) atoms. The molecular formula is C38H50N4P2. The third kappa shape index (κ3) is 4.87. The SMILES string of the molecule is PCC1(c2cc(-c3ccccc3)c(-c3ccccc3)cc2C(P)(C2CNCCN2)C2CNCCN2)C2CC3CC(C2)CC1C3. The van der Waals surface area contributed by atoms with E-state index in [4.69, 9.17) is 0 Å². The Labute approximate surface area is 269 Å². The first-order valence-corrected chi connectivity index (χ1v) is 18.7. The summed E-state index contributed by atoms with van der Waals surface area (Å²) in [5, 5.41) is 15.4. The van der Waals surface area contributed by atoms with E-state index in [1.807, 2.05) is 0 Å². The zero-order chi connectivity index (χ0) is 29.7. The van der Waals surface area contributed by atoms with Crippen molar-refractivity contribution >= 4 is 18.5 Å². The van der Waals surface area contributed by atoms with E-state index in [2.05, 4.69) is 113 Å². The van der Waals surface area contributed by atoms with Crippen molar-refractivity contribution in [1.82, 2.24) is 21.3 Å². The molecule has 0 amide bonds. The minimum atomic E-state index is -0.184. The van der Waals surface area contributed by atoms with Crippen molar-refractivity contribution in [3.63, 3.8) is 0 Å². The molecule has 0 aromatic heterocycles. The van der Waals surface area contributed by atoms with Gasteiger partial charge in [-0.25, -0.2) is 0 Å². The molecule has 4 unspecified atom stereocenters. The highest BCUT2D eigenvalue weighted by Gasteiger charge is 2.59. The highest BCUT2D eigenvalue weighted by atomic mass is 31.0. The molecule has 2 saturated heterocycles. The Hall–Kier alpha value is -1.64. The average molecular weight is 625 g/mol. The quantitative estimate of drug-likeness (QED) is 0.252. The number of piperazine rings is 2. The Kier molecular flexibility index (Phi) is 8.24. The summed E-state index contributed by atoms with van der Waals surface area (Å²) < 4.78 is 0. The fourth-order valence-electron chi connectivity index (χ4n) is 10.6. The van der Waals surface area contributed by atoms with Crippen LogP contribution in [0.5, 0.6) is 0 Å². The summed E-state index contributed by atoms with van der Waals surface area (Å²) in [4.78, 5) is 0. The first-order valence-electron chi connectivity index (χ1n) is 17.3. The van der Waals surface area contributed by atoms with Crippen molar-refractivity contribution in [2.75, 3.05) is 45.4 Å². The molecule has 9 rings (SSSR count). The summed E-state index contributed by atoms with van der Waals surface area (Å²) in [6.07, 6.45) is 8.30. The molecule has 6 aliphatic rings. The largest absolute Gasteiger partial charge is 0.314 e. The number of hydrogen-bond donors (Lipinski definition) is 4. The lowest BCUT2D eigenvalue weighted by Crippen LogP contribution is -2.67. The summed E-state index contributed by atoms with van der Waals surface area (Å²) in [6, 6.07) is 28.4. The van der Waals surface area contributed by atoms with Crippen LogP contribution in [0.25, 0.3) is 22.3 Å². The van der Waals surface area contributed by atoms with Gasteiger partial charge < -0.3 is 21.3 Å². The molecule has 4 nitrogen and oxygen atoms in total. The Morgan fingerprint density at radius 3 is 1.61 bits per heavy atom. The Morgan fingerprint density at radius 2 is 1.16 bits per heavy atom. The van der Waals surface area contributed by atoms with E-state index in [1.165, 1.54) is 54.4 Å². The summed E-state index contributed by atoms with van der Waals surface area (Å²) in [6.45, 7) is 6.04. The minimum Gasteiger partial charge on any atom is -0.314 e. The monoisotopic (exact) mass is 624 g/mol. The van der Waals surface area contributed by atoms with Crippen LogP contribution in [0.3, 0.4) is 0 Å². The van der Waals surface area contributed by atoms with Crippen LogP contribution in [0.15, 0.2) is 72.8 Å². The smallest absolute Gasteiger partial charge is 0.0429 e. The van der Waals surface area contributed by atoms with Crippen LogP contribution in [0.1, 0.15) is 43.2 Å². The maximum atomic E-state index is 4.03. The van der Waals surface area contributed by atoms with Crippen LogP contribution in [-0.2, 0) is 10.6 Å². The van der Waals surface area contributed by atoms with Gasteiger partial charge in [-0.15, -0.1) is 18.5 Å². The van der Waals surface area contributed by atoms with Gasteiger partial charge in [-0.3, -0.25) is 0 Å². The Morgan fingerprint density at radius 1 is 0.659 bits per heavy atom. The fraction of sp³-hybridized carbons (Fsp3) is 0.526. The standard InChI is InChI=1S/C38H50N4P2/c43-24-37(29-16-25-15-26(18-29)19-30(37)17-25)33-20-31(27-7-3-1-4-8-27)32(28-9-5-2-6-10-28)21-34(33)38(44,35-22-39-11-13-41-35)36-23-40-12-14-42-36/h1-10,20-21,25-26,29-30,35-36,39-42H,11-19,22-24,43-44H2. The van der Waals surface area contributed by atoms with Crippen LogP contribution in [-0.4, -0.2) is 57.5 Å². The van der Waals surface area contributed by atoms with Crippen LogP contribution < -0.4 is 21.3 Å². The average Bonchev–Trinajstić information content (AvgIpc) is 3.09. The molecule has 2 aliphatic heterocycles. The van der Waals surface area contributed by atoms with Crippen molar-refractivity contribution in [3.8, 4) is 22.3 Å². The third-order valence-electron chi connectivity index (χ3n) is 12.5. The van der Waals surface area contributed by atoms with Crippen molar-refractivity contribution in [1.29, 1.82) is 0 Å². The molecule has 4 atom stereocenters. The molecule has 3 aromatic rings. The van der Waals surface area contributed by atoms with Crippen molar-refractivity contribution in [3.05, 3.63) is 83.9 Å². The van der Waals surface area contributed by atoms with Gasteiger partial charge in [0.25, 0.3) is 0 Å². The van der Waals surface area contributed by atoms with E-state index in [1.54, 1.807) is 11.1 Å². The van der Waals surface area contributed by atoms with Gasteiger partial charge in [0.1, 0.15) is 0 Å². The summed E-state index contributed by atoms with van der Waals surface area (Å²) in [5.41, 5.74) is 8.77. The summed E-state index contributed by atoms with van der Waals surface area (Å²) in [7, 11) is 6.82. The van der Waals surface area contributed by atoms with E-state index < -0.39 is 0 Å². The van der Waals surface area contributed by atoms with Gasteiger partial charge in [0, 0.05) is 61.9 Å². The van der Waals surface area contributed by atoms with Gasteiger partial charge in [0.15, 0.2) is 0 Å². The van der Waals surface area contributed by atoms with Crippen LogP contribution >= 0.6 is 18.5 Å². The molecule has 4 N–H and O–H groups in total. The highest BCUT2D eigenvalue weighted by Crippen LogP contribution is 2.65.